The van der Waals surface area contributed by atoms with Crippen LogP contribution < -0.4 is 10.5 Å². The molecule has 2 aromatic carbocycles. The van der Waals surface area contributed by atoms with Gasteiger partial charge in [-0.2, -0.15) is 10.4 Å². The predicted molar refractivity (Wildman–Crippen MR) is 145 cm³/mol. The fraction of sp³-hybridized carbons (Fsp3) is 0.276. The first kappa shape index (κ1) is 26.7. The van der Waals surface area contributed by atoms with Crippen LogP contribution in [0.4, 0.5) is 14.6 Å². The number of carbonyl (C=O) groups is 1. The number of nitrogens with two attached hydrogens (primary N) is 1. The van der Waals surface area contributed by atoms with Crippen molar-refractivity contribution in [3.05, 3.63) is 72.1 Å². The molecule has 40 heavy (non-hydrogen) atoms. The average molecular weight is 544 g/mol. The van der Waals surface area contributed by atoms with Crippen LogP contribution in [0, 0.1) is 28.9 Å². The highest BCUT2D eigenvalue weighted by Crippen LogP contribution is 2.33. The second-order valence-corrected chi connectivity index (χ2v) is 9.92. The fourth-order valence-corrected chi connectivity index (χ4v) is 4.86. The molecule has 5 rings (SSSR count). The fourth-order valence-electron chi connectivity index (χ4n) is 4.86. The number of ether oxygens (including phenoxy) is 1. The number of amides is 1. The van der Waals surface area contributed by atoms with Gasteiger partial charge in [0.1, 0.15) is 41.0 Å². The number of carbonyl (C=O) groups excluding carboxylic acids is 1. The van der Waals surface area contributed by atoms with E-state index in [1.165, 1.54) is 6.33 Å². The van der Waals surface area contributed by atoms with Gasteiger partial charge in [-0.3, -0.25) is 4.79 Å². The number of nitrogen functional groups attached to an aromatic ring is 1. The van der Waals surface area contributed by atoms with Crippen LogP contribution >= 0.6 is 0 Å². The van der Waals surface area contributed by atoms with Crippen LogP contribution in [-0.2, 0) is 11.3 Å². The molecule has 3 heterocycles. The Morgan fingerprint density at radius 1 is 1.23 bits per heavy atom. The standard InChI is InChI=1S/C29H27F2N7O2/c1-17(2)12-19(14-32)29(39)37-11-3-4-21(37)15-38-28-25(27(33)34-16-35-28)26(36-38)18-5-8-22(9-6-18)40-24-13-20(30)7-10-23(24)31/h5-10,12-13,16-17,21H,3-4,11,15H2,1-2H3,(H2,33,34,35)/b19-12+/t21-/m0/s1. The van der Waals surface area contributed by atoms with Crippen molar-refractivity contribution >= 4 is 22.8 Å². The van der Waals surface area contributed by atoms with E-state index < -0.39 is 11.6 Å². The Kier molecular flexibility index (Phi) is 7.42. The zero-order valence-corrected chi connectivity index (χ0v) is 22.0. The Morgan fingerprint density at radius 2 is 2.00 bits per heavy atom. The highest BCUT2D eigenvalue weighted by molar-refractivity contribution is 5.99. The van der Waals surface area contributed by atoms with Gasteiger partial charge in [0.05, 0.1) is 18.0 Å². The van der Waals surface area contributed by atoms with Gasteiger partial charge in [-0.1, -0.05) is 19.9 Å². The Hall–Kier alpha value is -4.85. The Labute approximate surface area is 229 Å². The van der Waals surface area contributed by atoms with E-state index in [9.17, 15) is 18.8 Å². The van der Waals surface area contributed by atoms with Crippen molar-refractivity contribution in [1.29, 1.82) is 5.26 Å². The molecule has 11 heteroatoms. The van der Waals surface area contributed by atoms with E-state index in [2.05, 4.69) is 9.97 Å². The number of nitriles is 1. The summed E-state index contributed by atoms with van der Waals surface area (Å²) in [4.78, 5) is 23.5. The molecule has 204 valence electrons. The van der Waals surface area contributed by atoms with Gasteiger partial charge in [0.25, 0.3) is 5.91 Å². The molecular formula is C29H27F2N7O2. The maximum atomic E-state index is 14.0. The second kappa shape index (κ2) is 11.1. The third-order valence-electron chi connectivity index (χ3n) is 6.68. The SMILES string of the molecule is CC(C)/C=C(\C#N)C(=O)N1CCC[C@H]1Cn1nc(-c2ccc(Oc3cc(F)ccc3F)cc2)c2c(N)ncnc21. The summed E-state index contributed by atoms with van der Waals surface area (Å²) in [6, 6.07) is 11.6. The van der Waals surface area contributed by atoms with Crippen molar-refractivity contribution in [1.82, 2.24) is 24.6 Å². The summed E-state index contributed by atoms with van der Waals surface area (Å²) in [5.41, 5.74) is 8.11. The van der Waals surface area contributed by atoms with Crippen molar-refractivity contribution in [3.63, 3.8) is 0 Å². The number of nitrogens with zero attached hydrogens (tertiary/aromatic N) is 6. The second-order valence-electron chi connectivity index (χ2n) is 9.92. The maximum absolute atomic E-state index is 14.0. The lowest BCUT2D eigenvalue weighted by Gasteiger charge is -2.24. The minimum Gasteiger partial charge on any atom is -0.454 e. The summed E-state index contributed by atoms with van der Waals surface area (Å²) in [6.07, 6.45) is 4.61. The maximum Gasteiger partial charge on any atom is 0.264 e. The van der Waals surface area contributed by atoms with E-state index in [0.29, 0.717) is 41.1 Å². The van der Waals surface area contributed by atoms with Crippen LogP contribution in [0.25, 0.3) is 22.3 Å². The molecule has 1 atom stereocenters. The van der Waals surface area contributed by atoms with E-state index in [-0.39, 0.29) is 35.0 Å². The topological polar surface area (TPSA) is 123 Å². The highest BCUT2D eigenvalue weighted by Gasteiger charge is 2.32. The molecule has 1 amide bonds. The molecule has 0 spiro atoms. The number of hydrogen-bond acceptors (Lipinski definition) is 7. The summed E-state index contributed by atoms with van der Waals surface area (Å²) >= 11 is 0. The number of benzene rings is 2. The number of halogens is 2. The van der Waals surface area contributed by atoms with Crippen LogP contribution in [-0.4, -0.2) is 43.1 Å². The van der Waals surface area contributed by atoms with Crippen LogP contribution in [0.1, 0.15) is 26.7 Å². The molecule has 0 radical (unpaired) electrons. The summed E-state index contributed by atoms with van der Waals surface area (Å²) in [5, 5.41) is 14.9. The van der Waals surface area contributed by atoms with E-state index in [4.69, 9.17) is 15.6 Å². The van der Waals surface area contributed by atoms with E-state index in [1.807, 2.05) is 19.9 Å². The predicted octanol–water partition coefficient (Wildman–Crippen LogP) is 5.24. The number of rotatable bonds is 7. The molecular weight excluding hydrogens is 516 g/mol. The molecule has 4 aromatic rings. The summed E-state index contributed by atoms with van der Waals surface area (Å²) in [6.45, 7) is 4.76. The quantitative estimate of drug-likeness (QED) is 0.250. The molecule has 0 saturated carbocycles. The number of fused-ring (bicyclic) bond motifs is 1. The summed E-state index contributed by atoms with van der Waals surface area (Å²) in [5.74, 6) is -1.16. The highest BCUT2D eigenvalue weighted by atomic mass is 19.1. The Balaban J connectivity index is 1.44. The Bertz CT molecular complexity index is 1640. The first-order valence-corrected chi connectivity index (χ1v) is 12.9. The number of hydrogen-bond donors (Lipinski definition) is 1. The van der Waals surface area contributed by atoms with Crippen molar-refractivity contribution < 1.29 is 18.3 Å². The monoisotopic (exact) mass is 543 g/mol. The normalized spacial score (nSPS) is 15.6. The van der Waals surface area contributed by atoms with E-state index >= 15 is 0 Å². The third-order valence-corrected chi connectivity index (χ3v) is 6.68. The lowest BCUT2D eigenvalue weighted by molar-refractivity contribution is -0.127. The van der Waals surface area contributed by atoms with Crippen LogP contribution in [0.3, 0.4) is 0 Å². The van der Waals surface area contributed by atoms with Crippen LogP contribution in [0.2, 0.25) is 0 Å². The lowest BCUT2D eigenvalue weighted by Crippen LogP contribution is -2.39. The molecule has 1 fully saturated rings. The third kappa shape index (κ3) is 5.33. The molecule has 0 bridgehead atoms. The summed E-state index contributed by atoms with van der Waals surface area (Å²) in [7, 11) is 0. The van der Waals surface area contributed by atoms with E-state index in [0.717, 1.165) is 31.0 Å². The molecule has 1 aliphatic rings. The van der Waals surface area contributed by atoms with Gasteiger partial charge < -0.3 is 15.4 Å². The molecule has 0 unspecified atom stereocenters. The minimum absolute atomic E-state index is 0.0709. The van der Waals surface area contributed by atoms with Crippen molar-refractivity contribution in [2.75, 3.05) is 12.3 Å². The molecule has 9 nitrogen and oxygen atoms in total. The first-order chi connectivity index (χ1) is 19.2. The van der Waals surface area contributed by atoms with Gasteiger partial charge in [-0.05, 0) is 55.2 Å². The number of likely N-dealkylation sites (tertiary alicyclic amines) is 1. The zero-order chi connectivity index (χ0) is 28.4. The van der Waals surface area contributed by atoms with Gasteiger partial charge in [0.15, 0.2) is 17.2 Å². The molecule has 2 aromatic heterocycles. The van der Waals surface area contributed by atoms with Gasteiger partial charge in [0, 0.05) is 18.2 Å². The molecule has 1 saturated heterocycles. The smallest absolute Gasteiger partial charge is 0.264 e. The number of aromatic nitrogens is 4. The van der Waals surface area contributed by atoms with Crippen molar-refractivity contribution in [3.8, 4) is 28.8 Å². The van der Waals surface area contributed by atoms with Gasteiger partial charge >= 0.3 is 0 Å². The molecule has 0 aliphatic carbocycles. The van der Waals surface area contributed by atoms with E-state index in [1.54, 1.807) is 39.9 Å². The van der Waals surface area contributed by atoms with Gasteiger partial charge in [-0.15, -0.1) is 0 Å². The average Bonchev–Trinajstić information content (AvgIpc) is 3.55. The first-order valence-electron chi connectivity index (χ1n) is 12.9. The number of anilines is 1. The van der Waals surface area contributed by atoms with Crippen LogP contribution in [0.5, 0.6) is 11.5 Å². The van der Waals surface area contributed by atoms with Crippen molar-refractivity contribution in [2.45, 2.75) is 39.3 Å². The summed E-state index contributed by atoms with van der Waals surface area (Å²) < 4.78 is 34.8. The van der Waals surface area contributed by atoms with Gasteiger partial charge in [0.2, 0.25) is 0 Å². The number of allylic oxidation sites excluding steroid dienone is 1. The largest absolute Gasteiger partial charge is 0.454 e. The molecule has 1 aliphatic heterocycles. The minimum atomic E-state index is -0.679. The van der Waals surface area contributed by atoms with Crippen LogP contribution in [0.15, 0.2) is 60.4 Å². The Morgan fingerprint density at radius 3 is 2.73 bits per heavy atom. The molecule has 2 N–H and O–H groups in total. The lowest BCUT2D eigenvalue weighted by atomic mass is 10.1. The van der Waals surface area contributed by atoms with Crippen molar-refractivity contribution in [2.24, 2.45) is 5.92 Å². The van der Waals surface area contributed by atoms with Gasteiger partial charge in [-0.25, -0.2) is 23.4 Å². The zero-order valence-electron chi connectivity index (χ0n) is 22.0.